The SMILES string of the molecule is Cc1ccc([C@H](C)O)c(OC2CCC(C)C(C)C2)c1. The normalized spacial score (nSPS) is 29.0. The molecule has 2 heteroatoms. The lowest BCUT2D eigenvalue weighted by Gasteiger charge is -2.33. The Morgan fingerprint density at radius 2 is 1.95 bits per heavy atom. The van der Waals surface area contributed by atoms with Crippen LogP contribution in [0.1, 0.15) is 57.3 Å². The smallest absolute Gasteiger partial charge is 0.125 e. The summed E-state index contributed by atoms with van der Waals surface area (Å²) in [5, 5.41) is 9.84. The Morgan fingerprint density at radius 3 is 2.58 bits per heavy atom. The van der Waals surface area contributed by atoms with Crippen LogP contribution in [0.5, 0.6) is 5.75 Å². The van der Waals surface area contributed by atoms with E-state index in [-0.39, 0.29) is 0 Å². The van der Waals surface area contributed by atoms with Crippen molar-refractivity contribution in [1.82, 2.24) is 0 Å². The van der Waals surface area contributed by atoms with E-state index >= 15 is 0 Å². The van der Waals surface area contributed by atoms with Crippen LogP contribution in [0.3, 0.4) is 0 Å². The lowest BCUT2D eigenvalue weighted by Crippen LogP contribution is -2.29. The molecule has 4 atom stereocenters. The Labute approximate surface area is 116 Å². The molecule has 2 nitrogen and oxygen atoms in total. The summed E-state index contributed by atoms with van der Waals surface area (Å²) in [7, 11) is 0. The lowest BCUT2D eigenvalue weighted by atomic mass is 9.80. The fourth-order valence-corrected chi connectivity index (χ4v) is 2.87. The third-order valence-electron chi connectivity index (χ3n) is 4.46. The molecule has 2 rings (SSSR count). The van der Waals surface area contributed by atoms with Gasteiger partial charge in [-0.3, -0.25) is 0 Å². The van der Waals surface area contributed by atoms with Gasteiger partial charge in [-0.15, -0.1) is 0 Å². The minimum Gasteiger partial charge on any atom is -0.490 e. The number of rotatable bonds is 3. The van der Waals surface area contributed by atoms with Crippen LogP contribution in [-0.2, 0) is 0 Å². The molecule has 19 heavy (non-hydrogen) atoms. The molecule has 0 saturated heterocycles. The van der Waals surface area contributed by atoms with Crippen molar-refractivity contribution in [2.45, 2.75) is 59.2 Å². The van der Waals surface area contributed by atoms with Crippen LogP contribution in [0.4, 0.5) is 0 Å². The molecule has 1 saturated carbocycles. The molecule has 1 aliphatic rings. The van der Waals surface area contributed by atoms with E-state index in [1.807, 2.05) is 18.2 Å². The number of aliphatic hydroxyl groups excluding tert-OH is 1. The number of hydrogen-bond donors (Lipinski definition) is 1. The third kappa shape index (κ3) is 3.50. The van der Waals surface area contributed by atoms with Gasteiger partial charge in [0.25, 0.3) is 0 Å². The minimum absolute atomic E-state index is 0.297. The van der Waals surface area contributed by atoms with Gasteiger partial charge in [-0.05, 0) is 56.6 Å². The number of hydrogen-bond acceptors (Lipinski definition) is 2. The number of aliphatic hydroxyl groups is 1. The molecule has 1 aliphatic carbocycles. The van der Waals surface area contributed by atoms with Crippen LogP contribution < -0.4 is 4.74 Å². The average Bonchev–Trinajstić information content (AvgIpc) is 2.33. The average molecular weight is 262 g/mol. The highest BCUT2D eigenvalue weighted by atomic mass is 16.5. The molecule has 1 aromatic carbocycles. The van der Waals surface area contributed by atoms with Gasteiger partial charge in [-0.1, -0.05) is 26.0 Å². The van der Waals surface area contributed by atoms with Gasteiger partial charge in [0, 0.05) is 5.56 Å². The Morgan fingerprint density at radius 1 is 1.21 bits per heavy atom. The zero-order chi connectivity index (χ0) is 14.0. The quantitative estimate of drug-likeness (QED) is 0.882. The minimum atomic E-state index is -0.476. The van der Waals surface area contributed by atoms with Crippen LogP contribution in [0.25, 0.3) is 0 Å². The summed E-state index contributed by atoms with van der Waals surface area (Å²) in [4.78, 5) is 0. The van der Waals surface area contributed by atoms with Crippen molar-refractivity contribution >= 4 is 0 Å². The van der Waals surface area contributed by atoms with E-state index in [1.165, 1.54) is 12.0 Å². The Hall–Kier alpha value is -1.02. The van der Waals surface area contributed by atoms with E-state index < -0.39 is 6.10 Å². The standard InChI is InChI=1S/C17H26O2/c1-11-5-8-16(14(4)18)17(9-11)19-15-7-6-12(2)13(3)10-15/h5,8-9,12-15,18H,6-7,10H2,1-4H3/t12?,13?,14-,15?/m0/s1. The van der Waals surface area contributed by atoms with Gasteiger partial charge in [0.2, 0.25) is 0 Å². The molecule has 3 unspecified atom stereocenters. The molecule has 0 amide bonds. The van der Waals surface area contributed by atoms with Crippen molar-refractivity contribution in [3.8, 4) is 5.75 Å². The molecule has 1 aromatic rings. The molecular weight excluding hydrogens is 236 g/mol. The van der Waals surface area contributed by atoms with Gasteiger partial charge >= 0.3 is 0 Å². The number of aryl methyl sites for hydroxylation is 1. The molecule has 0 bridgehead atoms. The largest absolute Gasteiger partial charge is 0.490 e. The summed E-state index contributed by atoms with van der Waals surface area (Å²) in [6.45, 7) is 8.49. The highest BCUT2D eigenvalue weighted by molar-refractivity contribution is 5.38. The second kappa shape index (κ2) is 5.96. The molecular formula is C17H26O2. The monoisotopic (exact) mass is 262 g/mol. The lowest BCUT2D eigenvalue weighted by molar-refractivity contribution is 0.0957. The number of benzene rings is 1. The van der Waals surface area contributed by atoms with Gasteiger partial charge in [0.05, 0.1) is 12.2 Å². The maximum Gasteiger partial charge on any atom is 0.125 e. The Balaban J connectivity index is 2.12. The zero-order valence-electron chi connectivity index (χ0n) is 12.5. The summed E-state index contributed by atoms with van der Waals surface area (Å²) >= 11 is 0. The second-order valence-corrected chi connectivity index (χ2v) is 6.22. The van der Waals surface area contributed by atoms with Crippen molar-refractivity contribution in [3.05, 3.63) is 29.3 Å². The summed E-state index contributed by atoms with van der Waals surface area (Å²) < 4.78 is 6.19. The predicted molar refractivity (Wildman–Crippen MR) is 78.4 cm³/mol. The molecule has 1 N–H and O–H groups in total. The fourth-order valence-electron chi connectivity index (χ4n) is 2.87. The van der Waals surface area contributed by atoms with Crippen LogP contribution >= 0.6 is 0 Å². The first-order chi connectivity index (χ1) is 8.97. The highest BCUT2D eigenvalue weighted by Gasteiger charge is 2.26. The Kier molecular flexibility index (Phi) is 4.51. The molecule has 0 aliphatic heterocycles. The predicted octanol–water partition coefficient (Wildman–Crippen LogP) is 4.25. The van der Waals surface area contributed by atoms with Crippen LogP contribution in [0.15, 0.2) is 18.2 Å². The maximum absolute atomic E-state index is 9.84. The van der Waals surface area contributed by atoms with Crippen LogP contribution in [-0.4, -0.2) is 11.2 Å². The van der Waals surface area contributed by atoms with E-state index in [4.69, 9.17) is 4.74 Å². The molecule has 0 radical (unpaired) electrons. The summed E-state index contributed by atoms with van der Waals surface area (Å²) in [6.07, 6.45) is 3.30. The van der Waals surface area contributed by atoms with E-state index in [1.54, 1.807) is 6.92 Å². The van der Waals surface area contributed by atoms with Crippen LogP contribution in [0.2, 0.25) is 0 Å². The van der Waals surface area contributed by atoms with E-state index in [0.717, 1.165) is 36.0 Å². The summed E-state index contributed by atoms with van der Waals surface area (Å²) in [5.41, 5.74) is 2.08. The van der Waals surface area contributed by atoms with E-state index in [9.17, 15) is 5.11 Å². The first kappa shape index (κ1) is 14.4. The summed E-state index contributed by atoms with van der Waals surface area (Å²) in [6, 6.07) is 6.05. The number of ether oxygens (including phenoxy) is 1. The summed E-state index contributed by atoms with van der Waals surface area (Å²) in [5.74, 6) is 2.38. The fraction of sp³-hybridized carbons (Fsp3) is 0.647. The van der Waals surface area contributed by atoms with Crippen molar-refractivity contribution in [1.29, 1.82) is 0 Å². The molecule has 0 spiro atoms. The van der Waals surface area contributed by atoms with E-state index in [2.05, 4.69) is 20.8 Å². The van der Waals surface area contributed by atoms with E-state index in [0.29, 0.717) is 6.10 Å². The topological polar surface area (TPSA) is 29.5 Å². The highest BCUT2D eigenvalue weighted by Crippen LogP contribution is 2.34. The van der Waals surface area contributed by atoms with Gasteiger partial charge in [0.1, 0.15) is 5.75 Å². The Bertz CT molecular complexity index is 425. The molecule has 0 heterocycles. The van der Waals surface area contributed by atoms with Gasteiger partial charge in [-0.2, -0.15) is 0 Å². The zero-order valence-corrected chi connectivity index (χ0v) is 12.5. The maximum atomic E-state index is 9.84. The first-order valence-corrected chi connectivity index (χ1v) is 7.42. The molecule has 0 aromatic heterocycles. The molecule has 106 valence electrons. The van der Waals surface area contributed by atoms with Crippen molar-refractivity contribution in [2.24, 2.45) is 11.8 Å². The van der Waals surface area contributed by atoms with Crippen molar-refractivity contribution < 1.29 is 9.84 Å². The first-order valence-electron chi connectivity index (χ1n) is 7.42. The van der Waals surface area contributed by atoms with Crippen molar-refractivity contribution in [3.63, 3.8) is 0 Å². The molecule has 1 fully saturated rings. The van der Waals surface area contributed by atoms with Gasteiger partial charge < -0.3 is 9.84 Å². The van der Waals surface area contributed by atoms with Gasteiger partial charge in [-0.25, -0.2) is 0 Å². The van der Waals surface area contributed by atoms with Crippen LogP contribution in [0, 0.1) is 18.8 Å². The van der Waals surface area contributed by atoms with Gasteiger partial charge in [0.15, 0.2) is 0 Å². The second-order valence-electron chi connectivity index (χ2n) is 6.22. The van der Waals surface area contributed by atoms with Crippen molar-refractivity contribution in [2.75, 3.05) is 0 Å². The third-order valence-corrected chi connectivity index (χ3v) is 4.46.